The number of hydrogen-bond acceptors (Lipinski definition) is 1. The highest BCUT2D eigenvalue weighted by Crippen LogP contribution is 2.28. The van der Waals surface area contributed by atoms with Crippen molar-refractivity contribution in [1.82, 2.24) is 9.61 Å². The van der Waals surface area contributed by atoms with E-state index in [0.717, 1.165) is 11.1 Å². The van der Waals surface area contributed by atoms with Crippen LogP contribution < -0.4 is 0 Å². The summed E-state index contributed by atoms with van der Waals surface area (Å²) < 4.78 is 15.4. The van der Waals surface area contributed by atoms with Crippen molar-refractivity contribution in [3.63, 3.8) is 0 Å². The van der Waals surface area contributed by atoms with Gasteiger partial charge in [0.1, 0.15) is 11.3 Å². The van der Waals surface area contributed by atoms with Gasteiger partial charge < -0.3 is 0 Å². The minimum atomic E-state index is -0.197. The number of rotatable bonds is 0. The van der Waals surface area contributed by atoms with Gasteiger partial charge in [-0.1, -0.05) is 20.8 Å². The highest BCUT2D eigenvalue weighted by Gasteiger charge is 2.21. The summed E-state index contributed by atoms with van der Waals surface area (Å²) in [6.07, 6.45) is 3.59. The van der Waals surface area contributed by atoms with E-state index in [9.17, 15) is 4.39 Å². The Morgan fingerprint density at radius 1 is 1.33 bits per heavy atom. The van der Waals surface area contributed by atoms with Crippen molar-refractivity contribution < 1.29 is 4.39 Å². The van der Waals surface area contributed by atoms with Gasteiger partial charge in [0.2, 0.25) is 0 Å². The predicted molar refractivity (Wildman–Crippen MR) is 58.6 cm³/mol. The van der Waals surface area contributed by atoms with Crippen LogP contribution in [-0.2, 0) is 5.41 Å². The Bertz CT molecular complexity index is 506. The fraction of sp³-hybridized carbons (Fsp3) is 0.417. The molecule has 2 aromatic rings. The average Bonchev–Trinajstić information content (AvgIpc) is 2.45. The summed E-state index contributed by atoms with van der Waals surface area (Å²) in [4.78, 5) is 0. The van der Waals surface area contributed by atoms with Crippen molar-refractivity contribution >= 4 is 5.52 Å². The molecule has 0 unspecified atom stereocenters. The van der Waals surface area contributed by atoms with Gasteiger partial charge >= 0.3 is 0 Å². The molecule has 0 aliphatic heterocycles. The third-order valence-corrected chi connectivity index (χ3v) is 2.51. The minimum absolute atomic E-state index is 0.0855. The zero-order chi connectivity index (χ0) is 11.2. The van der Waals surface area contributed by atoms with Crippen molar-refractivity contribution in [3.8, 4) is 0 Å². The molecule has 0 fully saturated rings. The molecular weight excluding hydrogens is 191 g/mol. The molecule has 0 atom stereocenters. The molecule has 2 rings (SSSR count). The van der Waals surface area contributed by atoms with Crippen LogP contribution in [0.2, 0.25) is 0 Å². The molecule has 2 aromatic heterocycles. The summed E-state index contributed by atoms with van der Waals surface area (Å²) >= 11 is 0. The zero-order valence-corrected chi connectivity index (χ0v) is 9.50. The molecule has 2 heterocycles. The first-order valence-corrected chi connectivity index (χ1v) is 5.03. The van der Waals surface area contributed by atoms with E-state index in [0.29, 0.717) is 5.52 Å². The van der Waals surface area contributed by atoms with Crippen molar-refractivity contribution in [2.45, 2.75) is 33.1 Å². The van der Waals surface area contributed by atoms with Crippen molar-refractivity contribution in [2.75, 3.05) is 0 Å². The monoisotopic (exact) mass is 206 g/mol. The van der Waals surface area contributed by atoms with Gasteiger partial charge in [0.15, 0.2) is 0 Å². The van der Waals surface area contributed by atoms with Gasteiger partial charge in [-0.2, -0.15) is 5.10 Å². The number of halogens is 1. The van der Waals surface area contributed by atoms with Crippen LogP contribution in [0.1, 0.15) is 31.9 Å². The standard InChI is InChI=1S/C12H15FN2/c1-8-5-10(13)11-9(12(2,3)4)6-14-15(11)7-8/h5-7H,1-4H3. The Morgan fingerprint density at radius 2 is 2.00 bits per heavy atom. The number of fused-ring (bicyclic) bond motifs is 1. The highest BCUT2D eigenvalue weighted by molar-refractivity contribution is 5.58. The minimum Gasteiger partial charge on any atom is -0.237 e. The Labute approximate surface area is 88.7 Å². The van der Waals surface area contributed by atoms with E-state index >= 15 is 0 Å². The molecule has 80 valence electrons. The summed E-state index contributed by atoms with van der Waals surface area (Å²) in [5.74, 6) is -0.197. The normalized spacial score (nSPS) is 12.3. The van der Waals surface area contributed by atoms with Gasteiger partial charge in [0.05, 0.1) is 6.20 Å². The number of pyridine rings is 1. The van der Waals surface area contributed by atoms with Crippen LogP contribution in [0, 0.1) is 12.7 Å². The first-order valence-electron chi connectivity index (χ1n) is 5.03. The maximum Gasteiger partial charge on any atom is 0.149 e. The first-order chi connectivity index (χ1) is 6.89. The largest absolute Gasteiger partial charge is 0.237 e. The molecule has 0 saturated heterocycles. The summed E-state index contributed by atoms with van der Waals surface area (Å²) in [5.41, 5.74) is 2.33. The van der Waals surface area contributed by atoms with Gasteiger partial charge in [0, 0.05) is 11.8 Å². The number of nitrogens with zero attached hydrogens (tertiary/aromatic N) is 2. The molecule has 0 aromatic carbocycles. The molecule has 0 radical (unpaired) electrons. The molecule has 0 aliphatic carbocycles. The lowest BCUT2D eigenvalue weighted by Gasteiger charge is -2.16. The topological polar surface area (TPSA) is 17.3 Å². The molecule has 0 bridgehead atoms. The second kappa shape index (κ2) is 3.05. The van der Waals surface area contributed by atoms with E-state index in [4.69, 9.17) is 0 Å². The van der Waals surface area contributed by atoms with E-state index in [-0.39, 0.29) is 11.2 Å². The Morgan fingerprint density at radius 3 is 2.60 bits per heavy atom. The smallest absolute Gasteiger partial charge is 0.149 e. The quantitative estimate of drug-likeness (QED) is 0.647. The SMILES string of the molecule is Cc1cc(F)c2c(C(C)(C)C)cnn2c1. The van der Waals surface area contributed by atoms with Crippen LogP contribution in [0.25, 0.3) is 5.52 Å². The molecule has 15 heavy (non-hydrogen) atoms. The zero-order valence-electron chi connectivity index (χ0n) is 9.50. The molecular formula is C12H15FN2. The molecule has 0 aliphatic rings. The third-order valence-electron chi connectivity index (χ3n) is 2.51. The number of hydrogen-bond donors (Lipinski definition) is 0. The van der Waals surface area contributed by atoms with Crippen LogP contribution in [0.5, 0.6) is 0 Å². The first kappa shape index (κ1) is 10.1. The summed E-state index contributed by atoms with van der Waals surface area (Å²) in [5, 5.41) is 4.18. The van der Waals surface area contributed by atoms with Gasteiger partial charge in [-0.3, -0.25) is 0 Å². The van der Waals surface area contributed by atoms with Crippen LogP contribution in [-0.4, -0.2) is 9.61 Å². The van der Waals surface area contributed by atoms with Gasteiger partial charge in [-0.15, -0.1) is 0 Å². The van der Waals surface area contributed by atoms with Gasteiger partial charge in [0.25, 0.3) is 0 Å². The Balaban J connectivity index is 2.81. The third kappa shape index (κ3) is 1.62. The number of aromatic nitrogens is 2. The summed E-state index contributed by atoms with van der Waals surface area (Å²) in [6, 6.07) is 1.55. The maximum absolute atomic E-state index is 13.8. The Hall–Kier alpha value is -1.38. The molecule has 0 amide bonds. The average molecular weight is 206 g/mol. The van der Waals surface area contributed by atoms with Crippen molar-refractivity contribution in [1.29, 1.82) is 0 Å². The predicted octanol–water partition coefficient (Wildman–Crippen LogP) is 3.08. The fourth-order valence-electron chi connectivity index (χ4n) is 1.75. The maximum atomic E-state index is 13.8. The van der Waals surface area contributed by atoms with Crippen LogP contribution in [0.15, 0.2) is 18.5 Å². The molecule has 0 saturated carbocycles. The number of aryl methyl sites for hydroxylation is 1. The lowest BCUT2D eigenvalue weighted by Crippen LogP contribution is -2.11. The summed E-state index contributed by atoms with van der Waals surface area (Å²) in [7, 11) is 0. The molecule has 3 heteroatoms. The second-order valence-corrected chi connectivity index (χ2v) is 4.97. The van der Waals surface area contributed by atoms with Gasteiger partial charge in [-0.25, -0.2) is 8.91 Å². The molecule has 0 N–H and O–H groups in total. The molecule has 2 nitrogen and oxygen atoms in total. The van der Waals surface area contributed by atoms with E-state index in [1.165, 1.54) is 0 Å². The lowest BCUT2D eigenvalue weighted by molar-refractivity contribution is 0.584. The van der Waals surface area contributed by atoms with E-state index < -0.39 is 0 Å². The Kier molecular flexibility index (Phi) is 2.07. The second-order valence-electron chi connectivity index (χ2n) is 4.97. The van der Waals surface area contributed by atoms with Crippen LogP contribution in [0.4, 0.5) is 4.39 Å². The van der Waals surface area contributed by atoms with E-state index in [1.54, 1.807) is 16.8 Å². The van der Waals surface area contributed by atoms with Crippen molar-refractivity contribution in [3.05, 3.63) is 35.4 Å². The van der Waals surface area contributed by atoms with Crippen molar-refractivity contribution in [2.24, 2.45) is 0 Å². The lowest BCUT2D eigenvalue weighted by atomic mass is 9.88. The van der Waals surface area contributed by atoms with Crippen LogP contribution >= 0.6 is 0 Å². The van der Waals surface area contributed by atoms with E-state index in [2.05, 4.69) is 25.9 Å². The fourth-order valence-corrected chi connectivity index (χ4v) is 1.75. The summed E-state index contributed by atoms with van der Waals surface area (Å²) in [6.45, 7) is 8.04. The van der Waals surface area contributed by atoms with Gasteiger partial charge in [-0.05, 0) is 24.0 Å². The van der Waals surface area contributed by atoms with Crippen LogP contribution in [0.3, 0.4) is 0 Å². The molecule has 0 spiro atoms. The highest BCUT2D eigenvalue weighted by atomic mass is 19.1. The van der Waals surface area contributed by atoms with E-state index in [1.807, 2.05) is 13.1 Å².